The van der Waals surface area contributed by atoms with Crippen LogP contribution >= 0.6 is 0 Å². The Morgan fingerprint density at radius 2 is 1.90 bits per heavy atom. The first-order valence-corrected chi connectivity index (χ1v) is 6.52. The van der Waals surface area contributed by atoms with E-state index < -0.39 is 11.7 Å². The van der Waals surface area contributed by atoms with Crippen molar-refractivity contribution in [2.75, 3.05) is 14.2 Å². The molecule has 0 aromatic heterocycles. The molecule has 0 fully saturated rings. The first kappa shape index (κ1) is 16.8. The van der Waals surface area contributed by atoms with Crippen LogP contribution in [-0.2, 0) is 4.74 Å². The third kappa shape index (κ3) is 4.98. The van der Waals surface area contributed by atoms with Crippen molar-refractivity contribution in [1.29, 1.82) is 0 Å². The molecule has 116 valence electrons. The van der Waals surface area contributed by atoms with E-state index >= 15 is 0 Å². The summed E-state index contributed by atoms with van der Waals surface area (Å²) in [5.41, 5.74) is 3.34. The summed E-state index contributed by atoms with van der Waals surface area (Å²) < 4.78 is 15.6. The molecule has 0 saturated heterocycles. The fraction of sp³-hybridized carbons (Fsp3) is 0.467. The third-order valence-corrected chi connectivity index (χ3v) is 2.57. The maximum atomic E-state index is 11.5. The number of amides is 1. The zero-order valence-corrected chi connectivity index (χ0v) is 13.3. The van der Waals surface area contributed by atoms with Crippen LogP contribution < -0.4 is 14.9 Å². The molecule has 1 aromatic rings. The second-order valence-corrected chi connectivity index (χ2v) is 5.39. The Hall–Kier alpha value is -2.24. The molecule has 1 aromatic carbocycles. The van der Waals surface area contributed by atoms with Crippen LogP contribution in [0.25, 0.3) is 0 Å². The molecule has 0 saturated carbocycles. The van der Waals surface area contributed by atoms with Crippen molar-refractivity contribution in [1.82, 2.24) is 5.43 Å². The van der Waals surface area contributed by atoms with Crippen LogP contribution in [-0.4, -0.2) is 32.1 Å². The van der Waals surface area contributed by atoms with E-state index in [-0.39, 0.29) is 0 Å². The molecule has 0 unspecified atom stereocenters. The number of rotatable bonds is 4. The van der Waals surface area contributed by atoms with Crippen molar-refractivity contribution >= 4 is 12.3 Å². The van der Waals surface area contributed by atoms with Gasteiger partial charge in [-0.1, -0.05) is 0 Å². The van der Waals surface area contributed by atoms with E-state index in [0.717, 1.165) is 16.9 Å². The van der Waals surface area contributed by atoms with Crippen LogP contribution in [0.4, 0.5) is 4.79 Å². The van der Waals surface area contributed by atoms with E-state index in [0.29, 0.717) is 5.75 Å². The molecule has 0 radical (unpaired) electrons. The topological polar surface area (TPSA) is 69.2 Å². The van der Waals surface area contributed by atoms with E-state index in [9.17, 15) is 4.79 Å². The molecule has 0 heterocycles. The molecule has 6 heteroatoms. The molecule has 0 aliphatic heterocycles. The fourth-order valence-electron chi connectivity index (χ4n) is 1.74. The first-order valence-electron chi connectivity index (χ1n) is 6.52. The van der Waals surface area contributed by atoms with E-state index in [4.69, 9.17) is 14.2 Å². The first-order chi connectivity index (χ1) is 9.78. The molecule has 1 rings (SSSR count). The van der Waals surface area contributed by atoms with Crippen LogP contribution in [0.2, 0.25) is 0 Å². The van der Waals surface area contributed by atoms with Gasteiger partial charge in [-0.25, -0.2) is 10.2 Å². The minimum Gasteiger partial charge on any atom is -0.496 e. The van der Waals surface area contributed by atoms with E-state index in [1.807, 2.05) is 13.0 Å². The molecule has 0 bridgehead atoms. The van der Waals surface area contributed by atoms with Gasteiger partial charge in [-0.2, -0.15) is 5.10 Å². The van der Waals surface area contributed by atoms with Gasteiger partial charge in [0.25, 0.3) is 0 Å². The number of hydrogen-bond donors (Lipinski definition) is 1. The highest BCUT2D eigenvalue weighted by Crippen LogP contribution is 2.30. The summed E-state index contributed by atoms with van der Waals surface area (Å²) >= 11 is 0. The highest BCUT2D eigenvalue weighted by molar-refractivity contribution is 5.85. The van der Waals surface area contributed by atoms with Gasteiger partial charge in [0.1, 0.15) is 17.1 Å². The van der Waals surface area contributed by atoms with E-state index in [1.54, 1.807) is 41.1 Å². The van der Waals surface area contributed by atoms with Gasteiger partial charge in [0.15, 0.2) is 0 Å². The number of ether oxygens (including phenoxy) is 3. The Morgan fingerprint density at radius 1 is 1.24 bits per heavy atom. The van der Waals surface area contributed by atoms with Crippen molar-refractivity contribution in [2.45, 2.75) is 33.3 Å². The second kappa shape index (κ2) is 6.97. The summed E-state index contributed by atoms with van der Waals surface area (Å²) in [6.45, 7) is 7.24. The lowest BCUT2D eigenvalue weighted by atomic mass is 10.1. The van der Waals surface area contributed by atoms with Crippen LogP contribution in [0.5, 0.6) is 11.5 Å². The fourth-order valence-corrected chi connectivity index (χ4v) is 1.74. The summed E-state index contributed by atoms with van der Waals surface area (Å²) in [6, 6.07) is 3.61. The minimum absolute atomic E-state index is 0.562. The average Bonchev–Trinajstić information content (AvgIpc) is 2.37. The van der Waals surface area contributed by atoms with Gasteiger partial charge in [0.2, 0.25) is 0 Å². The number of nitrogens with one attached hydrogen (secondary N) is 1. The highest BCUT2D eigenvalue weighted by atomic mass is 16.6. The summed E-state index contributed by atoms with van der Waals surface area (Å²) in [4.78, 5) is 11.5. The maximum absolute atomic E-state index is 11.5. The van der Waals surface area contributed by atoms with Crippen molar-refractivity contribution < 1.29 is 19.0 Å². The number of carbonyl (C=O) groups is 1. The Morgan fingerprint density at radius 3 is 2.43 bits per heavy atom. The highest BCUT2D eigenvalue weighted by Gasteiger charge is 2.15. The van der Waals surface area contributed by atoms with Gasteiger partial charge in [0, 0.05) is 11.1 Å². The predicted octanol–water partition coefficient (Wildman–Crippen LogP) is 2.87. The molecule has 0 atom stereocenters. The number of nitrogens with zero attached hydrogens (tertiary/aromatic N) is 1. The molecule has 6 nitrogen and oxygen atoms in total. The van der Waals surface area contributed by atoms with Gasteiger partial charge < -0.3 is 14.2 Å². The van der Waals surface area contributed by atoms with Gasteiger partial charge in [-0.3, -0.25) is 0 Å². The summed E-state index contributed by atoms with van der Waals surface area (Å²) in [7, 11) is 3.17. The van der Waals surface area contributed by atoms with Crippen molar-refractivity contribution in [2.24, 2.45) is 5.10 Å². The minimum atomic E-state index is -0.608. The Balaban J connectivity index is 2.81. The number of methoxy groups -OCH3 is 2. The quantitative estimate of drug-likeness (QED) is 0.685. The number of hydrazone groups is 1. The lowest BCUT2D eigenvalue weighted by Crippen LogP contribution is -2.29. The lowest BCUT2D eigenvalue weighted by Gasteiger charge is -2.18. The predicted molar refractivity (Wildman–Crippen MR) is 81.2 cm³/mol. The van der Waals surface area contributed by atoms with Crippen molar-refractivity contribution in [3.8, 4) is 11.5 Å². The molecule has 21 heavy (non-hydrogen) atoms. The number of hydrogen-bond acceptors (Lipinski definition) is 5. The van der Waals surface area contributed by atoms with E-state index in [1.165, 1.54) is 6.21 Å². The average molecular weight is 294 g/mol. The monoisotopic (exact) mass is 294 g/mol. The second-order valence-electron chi connectivity index (χ2n) is 5.39. The molecule has 0 spiro atoms. The van der Waals surface area contributed by atoms with Gasteiger partial charge in [-0.15, -0.1) is 0 Å². The Bertz CT molecular complexity index is 533. The Labute approximate surface area is 125 Å². The zero-order valence-electron chi connectivity index (χ0n) is 13.3. The normalized spacial score (nSPS) is 11.3. The number of benzene rings is 1. The SMILES string of the molecule is COc1ccc(C=NNC(=O)OC(C)(C)C)c(OC)c1C. The van der Waals surface area contributed by atoms with Crippen LogP contribution in [0.3, 0.4) is 0 Å². The molecule has 1 N–H and O–H groups in total. The molecule has 0 aliphatic carbocycles. The van der Waals surface area contributed by atoms with Gasteiger partial charge in [-0.05, 0) is 39.8 Å². The van der Waals surface area contributed by atoms with E-state index in [2.05, 4.69) is 10.5 Å². The maximum Gasteiger partial charge on any atom is 0.428 e. The smallest absolute Gasteiger partial charge is 0.428 e. The summed E-state index contributed by atoms with van der Waals surface area (Å²) in [6.07, 6.45) is 0.887. The summed E-state index contributed by atoms with van der Waals surface area (Å²) in [5.74, 6) is 1.37. The van der Waals surface area contributed by atoms with Crippen LogP contribution in [0.1, 0.15) is 31.9 Å². The third-order valence-electron chi connectivity index (χ3n) is 2.57. The summed E-state index contributed by atoms with van der Waals surface area (Å²) in [5, 5.41) is 3.86. The van der Waals surface area contributed by atoms with Crippen molar-refractivity contribution in [3.05, 3.63) is 23.3 Å². The van der Waals surface area contributed by atoms with Gasteiger partial charge in [0.05, 0.1) is 20.4 Å². The zero-order chi connectivity index (χ0) is 16.0. The van der Waals surface area contributed by atoms with Crippen LogP contribution in [0, 0.1) is 6.92 Å². The molecule has 0 aliphatic rings. The lowest BCUT2D eigenvalue weighted by molar-refractivity contribution is 0.0529. The molecule has 1 amide bonds. The van der Waals surface area contributed by atoms with Crippen LogP contribution in [0.15, 0.2) is 17.2 Å². The molecular formula is C15H22N2O4. The largest absolute Gasteiger partial charge is 0.496 e. The van der Waals surface area contributed by atoms with Crippen molar-refractivity contribution in [3.63, 3.8) is 0 Å². The standard InChI is InChI=1S/C15H22N2O4/c1-10-12(19-5)8-7-11(13(10)20-6)9-16-17-14(18)21-15(2,3)4/h7-9H,1-6H3,(H,17,18). The van der Waals surface area contributed by atoms with Gasteiger partial charge >= 0.3 is 6.09 Å². The number of carbonyl (C=O) groups excluding carboxylic acids is 1. The Kier molecular flexibility index (Phi) is 5.58. The molecular weight excluding hydrogens is 272 g/mol.